The van der Waals surface area contributed by atoms with Gasteiger partial charge in [0.1, 0.15) is 10.4 Å². The van der Waals surface area contributed by atoms with Gasteiger partial charge in [-0.15, -0.1) is 11.3 Å². The summed E-state index contributed by atoms with van der Waals surface area (Å²) >= 11 is 1.60. The third-order valence-electron chi connectivity index (χ3n) is 6.44. The summed E-state index contributed by atoms with van der Waals surface area (Å²) in [5, 5.41) is 10.3. The van der Waals surface area contributed by atoms with Crippen molar-refractivity contribution in [3.8, 4) is 5.82 Å². The SMILES string of the molecule is CC(C)n1c(=O)c2cnc(Nc3ccc4c(c3)CNCC4(C)C)nc2n1-c1csc(C(C)(C)C)n1. The van der Waals surface area contributed by atoms with E-state index >= 15 is 0 Å². The predicted molar refractivity (Wildman–Crippen MR) is 142 cm³/mol. The topological polar surface area (TPSA) is 89.7 Å². The average Bonchev–Trinajstić information content (AvgIpc) is 3.36. The van der Waals surface area contributed by atoms with E-state index < -0.39 is 0 Å². The van der Waals surface area contributed by atoms with Crippen molar-refractivity contribution in [3.63, 3.8) is 0 Å². The zero-order valence-electron chi connectivity index (χ0n) is 21.4. The lowest BCUT2D eigenvalue weighted by molar-refractivity contribution is 0.435. The number of aromatic nitrogens is 5. The second kappa shape index (κ2) is 8.27. The molecule has 0 saturated heterocycles. The van der Waals surface area contributed by atoms with Crippen LogP contribution in [-0.2, 0) is 17.4 Å². The number of anilines is 2. The van der Waals surface area contributed by atoms with Crippen LogP contribution in [0.3, 0.4) is 0 Å². The first-order valence-electron chi connectivity index (χ1n) is 12.0. The maximum atomic E-state index is 13.3. The summed E-state index contributed by atoms with van der Waals surface area (Å²) in [5.41, 5.74) is 4.00. The van der Waals surface area contributed by atoms with Gasteiger partial charge in [-0.1, -0.05) is 40.7 Å². The Morgan fingerprint density at radius 3 is 2.66 bits per heavy atom. The van der Waals surface area contributed by atoms with Crippen LogP contribution in [0.4, 0.5) is 11.6 Å². The molecule has 4 heterocycles. The minimum absolute atomic E-state index is 0.0654. The summed E-state index contributed by atoms with van der Waals surface area (Å²) in [7, 11) is 0. The molecule has 0 bridgehead atoms. The van der Waals surface area contributed by atoms with Gasteiger partial charge in [-0.25, -0.2) is 19.3 Å². The highest BCUT2D eigenvalue weighted by atomic mass is 32.1. The van der Waals surface area contributed by atoms with Gasteiger partial charge < -0.3 is 10.6 Å². The fourth-order valence-corrected chi connectivity index (χ4v) is 5.53. The maximum Gasteiger partial charge on any atom is 0.278 e. The second-order valence-electron chi connectivity index (χ2n) is 11.2. The summed E-state index contributed by atoms with van der Waals surface area (Å²) in [5.74, 6) is 1.15. The molecule has 0 unspecified atom stereocenters. The quantitative estimate of drug-likeness (QED) is 0.416. The van der Waals surface area contributed by atoms with Crippen molar-refractivity contribution < 1.29 is 0 Å². The number of nitrogens with zero attached hydrogens (tertiary/aromatic N) is 5. The van der Waals surface area contributed by atoms with Crippen molar-refractivity contribution in [2.24, 2.45) is 0 Å². The van der Waals surface area contributed by atoms with Gasteiger partial charge in [-0.3, -0.25) is 4.79 Å². The van der Waals surface area contributed by atoms with Crippen molar-refractivity contribution in [1.29, 1.82) is 0 Å². The van der Waals surface area contributed by atoms with Gasteiger partial charge in [0.05, 0.1) is 0 Å². The normalized spacial score (nSPS) is 15.5. The fraction of sp³-hybridized carbons (Fsp3) is 0.462. The van der Waals surface area contributed by atoms with E-state index in [9.17, 15) is 4.79 Å². The van der Waals surface area contributed by atoms with Crippen molar-refractivity contribution in [2.75, 3.05) is 11.9 Å². The summed E-state index contributed by atoms with van der Waals surface area (Å²) in [6.07, 6.45) is 1.61. The molecular weight excluding hydrogens is 458 g/mol. The van der Waals surface area contributed by atoms with Gasteiger partial charge in [-0.05, 0) is 37.1 Å². The highest BCUT2D eigenvalue weighted by Crippen LogP contribution is 2.32. The predicted octanol–water partition coefficient (Wildman–Crippen LogP) is 5.04. The minimum atomic E-state index is -0.117. The van der Waals surface area contributed by atoms with E-state index in [2.05, 4.69) is 68.4 Å². The Balaban J connectivity index is 1.59. The Hall–Kier alpha value is -3.04. The molecule has 8 nitrogen and oxygen atoms in total. The van der Waals surface area contributed by atoms with E-state index in [0.717, 1.165) is 23.8 Å². The van der Waals surface area contributed by atoms with Crippen LogP contribution in [0, 0.1) is 0 Å². The van der Waals surface area contributed by atoms with Gasteiger partial charge in [0, 0.05) is 47.2 Å². The molecule has 1 aliphatic rings. The van der Waals surface area contributed by atoms with Crippen LogP contribution in [0.1, 0.15) is 70.6 Å². The molecule has 5 rings (SSSR count). The molecule has 0 saturated carbocycles. The molecule has 184 valence electrons. The number of nitrogens with one attached hydrogen (secondary N) is 2. The van der Waals surface area contributed by atoms with Gasteiger partial charge in [0.25, 0.3) is 5.56 Å². The van der Waals surface area contributed by atoms with Crippen molar-refractivity contribution in [1.82, 2.24) is 29.6 Å². The fourth-order valence-electron chi connectivity index (χ4n) is 4.66. The summed E-state index contributed by atoms with van der Waals surface area (Å²) in [4.78, 5) is 27.4. The van der Waals surface area contributed by atoms with Crippen LogP contribution in [0.25, 0.3) is 16.9 Å². The zero-order chi connectivity index (χ0) is 25.1. The summed E-state index contributed by atoms with van der Waals surface area (Å²) < 4.78 is 3.54. The molecule has 9 heteroatoms. The molecule has 4 aromatic rings. The molecular formula is C26H33N7OS. The van der Waals surface area contributed by atoms with Crippen LogP contribution in [0.2, 0.25) is 0 Å². The highest BCUT2D eigenvalue weighted by Gasteiger charge is 2.27. The van der Waals surface area contributed by atoms with E-state index in [1.807, 2.05) is 23.9 Å². The lowest BCUT2D eigenvalue weighted by atomic mass is 9.79. The third-order valence-corrected chi connectivity index (χ3v) is 7.69. The number of hydrogen-bond acceptors (Lipinski definition) is 7. The lowest BCUT2D eigenvalue weighted by Gasteiger charge is -2.33. The van der Waals surface area contributed by atoms with E-state index in [-0.39, 0.29) is 22.4 Å². The molecule has 0 spiro atoms. The van der Waals surface area contributed by atoms with Crippen LogP contribution in [-0.4, -0.2) is 30.9 Å². The first-order chi connectivity index (χ1) is 16.5. The summed E-state index contributed by atoms with van der Waals surface area (Å²) in [6.45, 7) is 16.7. The summed E-state index contributed by atoms with van der Waals surface area (Å²) in [6, 6.07) is 6.34. The molecule has 0 amide bonds. The molecule has 0 fully saturated rings. The number of thiazole rings is 1. The molecule has 0 atom stereocenters. The molecule has 35 heavy (non-hydrogen) atoms. The van der Waals surface area contributed by atoms with E-state index in [0.29, 0.717) is 22.8 Å². The number of hydrogen-bond donors (Lipinski definition) is 2. The Morgan fingerprint density at radius 1 is 1.20 bits per heavy atom. The maximum absolute atomic E-state index is 13.3. The standard InChI is InChI=1S/C26H33N7OS/c1-15(2)32-22(34)18-12-28-24(29-17-8-9-19-16(10-17)11-27-14-26(19,6)7)31-21(18)33(32)20-13-35-23(30-20)25(3,4)5/h8-10,12-13,15,27H,11,14H2,1-7H3,(H,28,29,31). The number of benzene rings is 1. The molecule has 1 aliphatic heterocycles. The minimum Gasteiger partial charge on any atom is -0.324 e. The second-order valence-corrected chi connectivity index (χ2v) is 12.1. The smallest absolute Gasteiger partial charge is 0.278 e. The first kappa shape index (κ1) is 23.7. The van der Waals surface area contributed by atoms with E-state index in [4.69, 9.17) is 9.97 Å². The Labute approximate surface area is 209 Å². The molecule has 0 aliphatic carbocycles. The molecule has 3 aromatic heterocycles. The third kappa shape index (κ3) is 4.16. The van der Waals surface area contributed by atoms with Gasteiger partial charge in [-0.2, -0.15) is 4.98 Å². The Bertz CT molecular complexity index is 1470. The zero-order valence-corrected chi connectivity index (χ0v) is 22.2. The molecule has 0 radical (unpaired) electrons. The average molecular weight is 492 g/mol. The van der Waals surface area contributed by atoms with Crippen LogP contribution >= 0.6 is 11.3 Å². The van der Waals surface area contributed by atoms with Crippen molar-refractivity contribution in [2.45, 2.75) is 71.9 Å². The van der Waals surface area contributed by atoms with E-state index in [1.54, 1.807) is 22.2 Å². The Morgan fingerprint density at radius 2 is 1.97 bits per heavy atom. The van der Waals surface area contributed by atoms with Crippen LogP contribution in [0.5, 0.6) is 0 Å². The number of fused-ring (bicyclic) bond motifs is 2. The molecule has 1 aromatic carbocycles. The van der Waals surface area contributed by atoms with Gasteiger partial charge in [0.2, 0.25) is 5.95 Å². The van der Waals surface area contributed by atoms with Gasteiger partial charge >= 0.3 is 0 Å². The highest BCUT2D eigenvalue weighted by molar-refractivity contribution is 7.10. The van der Waals surface area contributed by atoms with Gasteiger partial charge in [0.15, 0.2) is 11.5 Å². The van der Waals surface area contributed by atoms with E-state index in [1.165, 1.54) is 11.1 Å². The Kier molecular flexibility index (Phi) is 5.60. The lowest BCUT2D eigenvalue weighted by Crippen LogP contribution is -2.38. The largest absolute Gasteiger partial charge is 0.324 e. The molecule has 2 N–H and O–H groups in total. The van der Waals surface area contributed by atoms with Crippen molar-refractivity contribution >= 4 is 34.0 Å². The van der Waals surface area contributed by atoms with Crippen LogP contribution < -0.4 is 16.2 Å². The van der Waals surface area contributed by atoms with Crippen LogP contribution in [0.15, 0.2) is 34.6 Å². The monoisotopic (exact) mass is 491 g/mol. The van der Waals surface area contributed by atoms with Crippen molar-refractivity contribution in [3.05, 3.63) is 56.3 Å². The number of rotatable bonds is 4. The first-order valence-corrected chi connectivity index (χ1v) is 12.9.